The zero-order chi connectivity index (χ0) is 13.2. The minimum Gasteiger partial charge on any atom is -0.324 e. The molecule has 1 saturated heterocycles. The number of benzene rings is 1. The van der Waals surface area contributed by atoms with E-state index in [1.165, 1.54) is 6.07 Å². The Morgan fingerprint density at radius 1 is 1.53 bits per heavy atom. The van der Waals surface area contributed by atoms with Gasteiger partial charge in [-0.2, -0.15) is 0 Å². The molecular weight excluding hydrogens is 267 g/mol. The van der Waals surface area contributed by atoms with E-state index >= 15 is 0 Å². The molecule has 0 aromatic heterocycles. The molecule has 19 heavy (non-hydrogen) atoms. The lowest BCUT2D eigenvalue weighted by molar-refractivity contribution is -0.122. The van der Waals surface area contributed by atoms with Crippen LogP contribution in [0.2, 0.25) is 0 Å². The predicted octanol–water partition coefficient (Wildman–Crippen LogP) is 3.03. The molecule has 1 atom stereocenters. The molecule has 2 N–H and O–H groups in total. The van der Waals surface area contributed by atoms with Crippen LogP contribution in [0.5, 0.6) is 0 Å². The summed E-state index contributed by atoms with van der Waals surface area (Å²) in [5, 5.41) is 6.16. The van der Waals surface area contributed by atoms with Crippen LogP contribution >= 0.6 is 12.4 Å². The van der Waals surface area contributed by atoms with Crippen LogP contribution in [-0.2, 0) is 4.79 Å². The summed E-state index contributed by atoms with van der Waals surface area (Å²) < 4.78 is 13.2. The zero-order valence-electron chi connectivity index (χ0n) is 11.3. The quantitative estimate of drug-likeness (QED) is 0.897. The summed E-state index contributed by atoms with van der Waals surface area (Å²) in [6.07, 6.45) is 2.64. The molecule has 1 fully saturated rings. The molecule has 0 bridgehead atoms. The van der Waals surface area contributed by atoms with E-state index < -0.39 is 5.54 Å². The average Bonchev–Trinajstić information content (AvgIpc) is 2.84. The molecule has 0 spiro atoms. The van der Waals surface area contributed by atoms with E-state index in [1.54, 1.807) is 19.1 Å². The number of aryl methyl sites for hydroxylation is 1. The van der Waals surface area contributed by atoms with Crippen LogP contribution in [-0.4, -0.2) is 18.0 Å². The van der Waals surface area contributed by atoms with Gasteiger partial charge in [0, 0.05) is 5.69 Å². The molecule has 0 saturated carbocycles. The lowest BCUT2D eigenvalue weighted by atomic mass is 9.93. The molecule has 1 aromatic rings. The summed E-state index contributed by atoms with van der Waals surface area (Å²) in [5.41, 5.74) is 0.737. The second-order valence-electron chi connectivity index (χ2n) is 4.88. The van der Waals surface area contributed by atoms with Crippen molar-refractivity contribution in [2.24, 2.45) is 0 Å². The standard InChI is InChI=1S/C14H19FN2O.ClH/c1-3-14(7-4-8-16-14)13(18)17-11-5-6-12(15)10(2)9-11;/h5-6,9,16H,3-4,7-8H2,1-2H3,(H,17,18);1H. The zero-order valence-corrected chi connectivity index (χ0v) is 12.1. The highest BCUT2D eigenvalue weighted by Crippen LogP contribution is 2.25. The number of carbonyl (C=O) groups excluding carboxylic acids is 1. The third-order valence-electron chi connectivity index (χ3n) is 3.70. The van der Waals surface area contributed by atoms with Crippen LogP contribution in [0.3, 0.4) is 0 Å². The lowest BCUT2D eigenvalue weighted by Gasteiger charge is -2.26. The molecular formula is C14H20ClFN2O. The number of hydrogen-bond acceptors (Lipinski definition) is 2. The molecule has 5 heteroatoms. The number of hydrogen-bond donors (Lipinski definition) is 2. The Hall–Kier alpha value is -1.13. The fraction of sp³-hybridized carbons (Fsp3) is 0.500. The SMILES string of the molecule is CCC1(C(=O)Nc2ccc(F)c(C)c2)CCCN1.Cl. The third-order valence-corrected chi connectivity index (χ3v) is 3.70. The van der Waals surface area contributed by atoms with Gasteiger partial charge in [-0.3, -0.25) is 4.79 Å². The van der Waals surface area contributed by atoms with Crippen molar-refractivity contribution in [3.8, 4) is 0 Å². The Morgan fingerprint density at radius 2 is 2.26 bits per heavy atom. The average molecular weight is 287 g/mol. The Bertz CT molecular complexity index is 459. The van der Waals surface area contributed by atoms with Crippen LogP contribution in [0.15, 0.2) is 18.2 Å². The summed E-state index contributed by atoms with van der Waals surface area (Å²) in [6.45, 7) is 4.58. The number of rotatable bonds is 3. The van der Waals surface area contributed by atoms with Gasteiger partial charge in [0.25, 0.3) is 0 Å². The monoisotopic (exact) mass is 286 g/mol. The minimum absolute atomic E-state index is 0. The van der Waals surface area contributed by atoms with Crippen molar-refractivity contribution in [1.29, 1.82) is 0 Å². The van der Waals surface area contributed by atoms with Crippen LogP contribution in [0, 0.1) is 12.7 Å². The van der Waals surface area contributed by atoms with Gasteiger partial charge in [-0.25, -0.2) is 4.39 Å². The first-order valence-electron chi connectivity index (χ1n) is 6.40. The van der Waals surface area contributed by atoms with Crippen molar-refractivity contribution in [2.75, 3.05) is 11.9 Å². The first-order chi connectivity index (χ1) is 8.57. The van der Waals surface area contributed by atoms with Crippen molar-refractivity contribution >= 4 is 24.0 Å². The van der Waals surface area contributed by atoms with E-state index in [0.717, 1.165) is 25.8 Å². The second kappa shape index (κ2) is 6.35. The molecule has 0 aliphatic carbocycles. The molecule has 106 valence electrons. The maximum Gasteiger partial charge on any atom is 0.244 e. The van der Waals surface area contributed by atoms with Gasteiger partial charge in [0.05, 0.1) is 5.54 Å². The highest BCUT2D eigenvalue weighted by atomic mass is 35.5. The number of halogens is 2. The second-order valence-corrected chi connectivity index (χ2v) is 4.88. The summed E-state index contributed by atoms with van der Waals surface area (Å²) in [5.74, 6) is -0.272. The van der Waals surface area contributed by atoms with E-state index in [1.807, 2.05) is 6.92 Å². The van der Waals surface area contributed by atoms with Crippen molar-refractivity contribution in [1.82, 2.24) is 5.32 Å². The Labute approximate surface area is 119 Å². The van der Waals surface area contributed by atoms with Crippen LogP contribution in [0.4, 0.5) is 10.1 Å². The number of anilines is 1. The number of carbonyl (C=O) groups is 1. The molecule has 0 radical (unpaired) electrons. The van der Waals surface area contributed by atoms with Crippen LogP contribution < -0.4 is 10.6 Å². The summed E-state index contributed by atoms with van der Waals surface area (Å²) >= 11 is 0. The minimum atomic E-state index is -0.456. The highest BCUT2D eigenvalue weighted by Gasteiger charge is 2.38. The maximum absolute atomic E-state index is 13.2. The molecule has 3 nitrogen and oxygen atoms in total. The molecule has 1 amide bonds. The first-order valence-corrected chi connectivity index (χ1v) is 6.40. The summed E-state index contributed by atoms with van der Waals surface area (Å²) in [6, 6.07) is 4.63. The van der Waals surface area contributed by atoms with Gasteiger partial charge in [0.2, 0.25) is 5.91 Å². The van der Waals surface area contributed by atoms with E-state index in [0.29, 0.717) is 11.3 Å². The van der Waals surface area contributed by atoms with Crippen LogP contribution in [0.25, 0.3) is 0 Å². The van der Waals surface area contributed by atoms with Gasteiger partial charge < -0.3 is 10.6 Å². The van der Waals surface area contributed by atoms with E-state index in [9.17, 15) is 9.18 Å². The largest absolute Gasteiger partial charge is 0.324 e. The molecule has 2 rings (SSSR count). The maximum atomic E-state index is 13.2. The first kappa shape index (κ1) is 15.9. The van der Waals surface area contributed by atoms with Gasteiger partial charge in [0.15, 0.2) is 0 Å². The molecule has 1 aliphatic rings. The van der Waals surface area contributed by atoms with E-state index in [2.05, 4.69) is 10.6 Å². The highest BCUT2D eigenvalue weighted by molar-refractivity contribution is 5.98. The van der Waals surface area contributed by atoms with E-state index in [-0.39, 0.29) is 24.1 Å². The van der Waals surface area contributed by atoms with Gasteiger partial charge in [-0.1, -0.05) is 6.92 Å². The van der Waals surface area contributed by atoms with Crippen LogP contribution in [0.1, 0.15) is 31.7 Å². The van der Waals surface area contributed by atoms with Gasteiger partial charge in [-0.05, 0) is 56.5 Å². The van der Waals surface area contributed by atoms with Crippen molar-refractivity contribution < 1.29 is 9.18 Å². The van der Waals surface area contributed by atoms with Gasteiger partial charge in [0.1, 0.15) is 5.82 Å². The van der Waals surface area contributed by atoms with Crippen molar-refractivity contribution in [3.63, 3.8) is 0 Å². The predicted molar refractivity (Wildman–Crippen MR) is 77.3 cm³/mol. The van der Waals surface area contributed by atoms with Gasteiger partial charge in [-0.15, -0.1) is 12.4 Å². The summed E-state index contributed by atoms with van der Waals surface area (Å²) in [7, 11) is 0. The Balaban J connectivity index is 0.00000180. The van der Waals surface area contributed by atoms with Crippen molar-refractivity contribution in [3.05, 3.63) is 29.6 Å². The summed E-state index contributed by atoms with van der Waals surface area (Å²) in [4.78, 5) is 12.3. The number of amides is 1. The topological polar surface area (TPSA) is 41.1 Å². The molecule has 1 unspecified atom stereocenters. The van der Waals surface area contributed by atoms with E-state index in [4.69, 9.17) is 0 Å². The molecule has 1 aliphatic heterocycles. The number of nitrogens with one attached hydrogen (secondary N) is 2. The van der Waals surface area contributed by atoms with Crippen molar-refractivity contribution in [2.45, 2.75) is 38.6 Å². The molecule has 1 aromatic carbocycles. The third kappa shape index (κ3) is 3.25. The Kier molecular flexibility index (Phi) is 5.32. The Morgan fingerprint density at radius 3 is 2.79 bits per heavy atom. The molecule has 1 heterocycles. The lowest BCUT2D eigenvalue weighted by Crippen LogP contribution is -2.50. The smallest absolute Gasteiger partial charge is 0.244 e. The fourth-order valence-electron chi connectivity index (χ4n) is 2.44. The fourth-order valence-corrected chi connectivity index (χ4v) is 2.44. The normalized spacial score (nSPS) is 21.8. The van der Waals surface area contributed by atoms with Gasteiger partial charge >= 0.3 is 0 Å².